The highest BCUT2D eigenvalue weighted by Gasteiger charge is 2.12. The summed E-state index contributed by atoms with van der Waals surface area (Å²) in [6.45, 7) is 3.54. The van der Waals surface area contributed by atoms with Gasteiger partial charge in [0.05, 0.1) is 0 Å². The standard InChI is InChI=1S/C15H22N4O2/c1-2-12-5-3-6-13(9-12)21-11-15-14(10-16)17-18-19(15)7-4-8-20/h3,5-6,9,20H,2,4,7-8,10-11,16H2,1H3. The van der Waals surface area contributed by atoms with Crippen LogP contribution < -0.4 is 10.5 Å². The molecule has 0 amide bonds. The molecule has 0 saturated carbocycles. The number of aliphatic hydroxyl groups excluding tert-OH is 1. The van der Waals surface area contributed by atoms with E-state index in [1.54, 1.807) is 4.68 Å². The number of hydrogen-bond acceptors (Lipinski definition) is 5. The molecule has 0 bridgehead atoms. The normalized spacial score (nSPS) is 10.8. The molecule has 6 nitrogen and oxygen atoms in total. The Balaban J connectivity index is 2.08. The van der Waals surface area contributed by atoms with Crippen LogP contribution in [0, 0.1) is 0 Å². The van der Waals surface area contributed by atoms with E-state index < -0.39 is 0 Å². The summed E-state index contributed by atoms with van der Waals surface area (Å²) >= 11 is 0. The van der Waals surface area contributed by atoms with Crippen molar-refractivity contribution in [2.45, 2.75) is 39.5 Å². The van der Waals surface area contributed by atoms with Crippen molar-refractivity contribution in [3.8, 4) is 5.75 Å². The minimum Gasteiger partial charge on any atom is -0.487 e. The van der Waals surface area contributed by atoms with Crippen LogP contribution in [0.15, 0.2) is 24.3 Å². The van der Waals surface area contributed by atoms with Crippen molar-refractivity contribution in [3.63, 3.8) is 0 Å². The van der Waals surface area contributed by atoms with E-state index >= 15 is 0 Å². The second-order valence-corrected chi connectivity index (χ2v) is 4.78. The van der Waals surface area contributed by atoms with E-state index in [2.05, 4.69) is 23.3 Å². The molecule has 0 aliphatic carbocycles. The van der Waals surface area contributed by atoms with Gasteiger partial charge in [0.15, 0.2) is 0 Å². The maximum Gasteiger partial charge on any atom is 0.132 e. The lowest BCUT2D eigenvalue weighted by molar-refractivity contribution is 0.265. The van der Waals surface area contributed by atoms with Gasteiger partial charge < -0.3 is 15.6 Å². The van der Waals surface area contributed by atoms with Gasteiger partial charge in [-0.15, -0.1) is 5.10 Å². The predicted molar refractivity (Wildman–Crippen MR) is 79.8 cm³/mol. The number of aliphatic hydroxyl groups is 1. The molecule has 0 unspecified atom stereocenters. The van der Waals surface area contributed by atoms with Crippen LogP contribution in [0.3, 0.4) is 0 Å². The summed E-state index contributed by atoms with van der Waals surface area (Å²) in [5.74, 6) is 0.826. The summed E-state index contributed by atoms with van der Waals surface area (Å²) in [5.41, 5.74) is 8.53. The van der Waals surface area contributed by atoms with E-state index in [0.29, 0.717) is 26.1 Å². The van der Waals surface area contributed by atoms with Gasteiger partial charge in [0.2, 0.25) is 0 Å². The molecule has 2 aromatic rings. The minimum atomic E-state index is 0.122. The van der Waals surface area contributed by atoms with E-state index in [1.807, 2.05) is 18.2 Å². The van der Waals surface area contributed by atoms with Gasteiger partial charge in [0, 0.05) is 19.7 Å². The molecule has 1 heterocycles. The molecule has 6 heteroatoms. The van der Waals surface area contributed by atoms with Crippen molar-refractivity contribution >= 4 is 0 Å². The smallest absolute Gasteiger partial charge is 0.132 e. The van der Waals surface area contributed by atoms with Crippen LogP contribution in [-0.4, -0.2) is 26.7 Å². The lowest BCUT2D eigenvalue weighted by Crippen LogP contribution is -2.11. The number of nitrogens with zero attached hydrogens (tertiary/aromatic N) is 3. The molecule has 1 aromatic carbocycles. The first-order valence-electron chi connectivity index (χ1n) is 7.22. The van der Waals surface area contributed by atoms with Crippen molar-refractivity contribution in [1.29, 1.82) is 0 Å². The molecule has 1 aromatic heterocycles. The highest BCUT2D eigenvalue weighted by Crippen LogP contribution is 2.16. The number of nitrogens with two attached hydrogens (primary N) is 1. The average Bonchev–Trinajstić information content (AvgIpc) is 2.93. The van der Waals surface area contributed by atoms with Crippen molar-refractivity contribution in [2.24, 2.45) is 5.73 Å². The molecular formula is C15H22N4O2. The molecule has 21 heavy (non-hydrogen) atoms. The Morgan fingerprint density at radius 3 is 2.95 bits per heavy atom. The number of aromatic nitrogens is 3. The molecule has 3 N–H and O–H groups in total. The fourth-order valence-corrected chi connectivity index (χ4v) is 2.09. The monoisotopic (exact) mass is 290 g/mol. The van der Waals surface area contributed by atoms with Crippen molar-refractivity contribution in [1.82, 2.24) is 15.0 Å². The summed E-state index contributed by atoms with van der Waals surface area (Å²) in [7, 11) is 0. The van der Waals surface area contributed by atoms with Crippen LogP contribution in [-0.2, 0) is 26.1 Å². The summed E-state index contributed by atoms with van der Waals surface area (Å²) in [5, 5.41) is 17.1. The molecule has 0 aliphatic rings. The first kappa shape index (κ1) is 15.5. The molecule has 0 spiro atoms. The van der Waals surface area contributed by atoms with Crippen LogP contribution >= 0.6 is 0 Å². The highest BCUT2D eigenvalue weighted by atomic mass is 16.5. The fraction of sp³-hybridized carbons (Fsp3) is 0.467. The lowest BCUT2D eigenvalue weighted by Gasteiger charge is -2.10. The van der Waals surface area contributed by atoms with Crippen molar-refractivity contribution < 1.29 is 9.84 Å². The summed E-state index contributed by atoms with van der Waals surface area (Å²) in [6.07, 6.45) is 1.60. The molecule has 0 radical (unpaired) electrons. The number of hydrogen-bond donors (Lipinski definition) is 2. The van der Waals surface area contributed by atoms with Gasteiger partial charge in [-0.2, -0.15) is 0 Å². The van der Waals surface area contributed by atoms with Gasteiger partial charge in [0.25, 0.3) is 0 Å². The van der Waals surface area contributed by atoms with E-state index in [1.165, 1.54) is 5.56 Å². The van der Waals surface area contributed by atoms with Gasteiger partial charge in [-0.3, -0.25) is 0 Å². The van der Waals surface area contributed by atoms with E-state index in [4.69, 9.17) is 15.6 Å². The third-order valence-corrected chi connectivity index (χ3v) is 3.32. The molecule has 0 aliphatic heterocycles. The molecule has 2 rings (SSSR count). The third-order valence-electron chi connectivity index (χ3n) is 3.32. The largest absolute Gasteiger partial charge is 0.487 e. The van der Waals surface area contributed by atoms with Gasteiger partial charge in [-0.25, -0.2) is 4.68 Å². The Kier molecular flexibility index (Phi) is 5.71. The summed E-state index contributed by atoms with van der Waals surface area (Å²) in [4.78, 5) is 0. The van der Waals surface area contributed by atoms with E-state index in [0.717, 1.165) is 23.6 Å². The zero-order chi connectivity index (χ0) is 15.1. The maximum absolute atomic E-state index is 8.93. The molecule has 0 atom stereocenters. The Bertz CT molecular complexity index is 569. The van der Waals surface area contributed by atoms with Crippen LogP contribution in [0.5, 0.6) is 5.75 Å². The SMILES string of the molecule is CCc1cccc(OCc2c(CN)nnn2CCCO)c1. The van der Waals surface area contributed by atoms with Crippen LogP contribution in [0.4, 0.5) is 0 Å². The number of ether oxygens (including phenoxy) is 1. The topological polar surface area (TPSA) is 86.2 Å². The number of aryl methyl sites for hydroxylation is 2. The molecular weight excluding hydrogens is 268 g/mol. The third kappa shape index (κ3) is 4.03. The second kappa shape index (κ2) is 7.75. The van der Waals surface area contributed by atoms with Gasteiger partial charge in [-0.1, -0.05) is 24.3 Å². The van der Waals surface area contributed by atoms with Gasteiger partial charge >= 0.3 is 0 Å². The van der Waals surface area contributed by atoms with Gasteiger partial charge in [0.1, 0.15) is 23.7 Å². The van der Waals surface area contributed by atoms with Crippen LogP contribution in [0.1, 0.15) is 30.3 Å². The summed E-state index contributed by atoms with van der Waals surface area (Å²) < 4.78 is 7.59. The van der Waals surface area contributed by atoms with Crippen LogP contribution in [0.2, 0.25) is 0 Å². The van der Waals surface area contributed by atoms with E-state index in [9.17, 15) is 0 Å². The predicted octanol–water partition coefficient (Wildman–Crippen LogP) is 1.26. The number of rotatable bonds is 8. The zero-order valence-corrected chi connectivity index (χ0v) is 12.3. The Morgan fingerprint density at radius 2 is 2.24 bits per heavy atom. The quantitative estimate of drug-likeness (QED) is 0.764. The molecule has 114 valence electrons. The fourth-order valence-electron chi connectivity index (χ4n) is 2.09. The average molecular weight is 290 g/mol. The molecule has 0 saturated heterocycles. The first-order chi connectivity index (χ1) is 10.3. The minimum absolute atomic E-state index is 0.122. The Morgan fingerprint density at radius 1 is 1.38 bits per heavy atom. The Labute approximate surface area is 124 Å². The first-order valence-corrected chi connectivity index (χ1v) is 7.22. The molecule has 0 fully saturated rings. The maximum atomic E-state index is 8.93. The number of benzene rings is 1. The Hall–Kier alpha value is -1.92. The van der Waals surface area contributed by atoms with Crippen LogP contribution in [0.25, 0.3) is 0 Å². The van der Waals surface area contributed by atoms with E-state index in [-0.39, 0.29) is 6.61 Å². The van der Waals surface area contributed by atoms with Crippen molar-refractivity contribution in [2.75, 3.05) is 6.61 Å². The summed E-state index contributed by atoms with van der Waals surface area (Å²) in [6, 6.07) is 8.03. The highest BCUT2D eigenvalue weighted by molar-refractivity contribution is 5.28. The zero-order valence-electron chi connectivity index (χ0n) is 12.3. The second-order valence-electron chi connectivity index (χ2n) is 4.78. The van der Waals surface area contributed by atoms with Gasteiger partial charge in [-0.05, 0) is 30.5 Å². The lowest BCUT2D eigenvalue weighted by atomic mass is 10.2. The van der Waals surface area contributed by atoms with Crippen molar-refractivity contribution in [3.05, 3.63) is 41.2 Å².